The summed E-state index contributed by atoms with van der Waals surface area (Å²) < 4.78 is 15.9. The second kappa shape index (κ2) is 9.13. The van der Waals surface area contributed by atoms with Gasteiger partial charge in [0.05, 0.1) is 33.5 Å². The van der Waals surface area contributed by atoms with E-state index in [4.69, 9.17) is 14.2 Å². The summed E-state index contributed by atoms with van der Waals surface area (Å²) in [5.74, 6) is 1.47. The quantitative estimate of drug-likeness (QED) is 0.769. The summed E-state index contributed by atoms with van der Waals surface area (Å²) in [5.41, 5.74) is 0.535. The highest BCUT2D eigenvalue weighted by Crippen LogP contribution is 2.14. The molecule has 1 aliphatic rings. The van der Waals surface area contributed by atoms with Crippen LogP contribution in [0.1, 0.15) is 23.1 Å². The standard InChI is InChI=1S/C18H23N5O4/c1-3-27-14-6-4-13(5-7-14)16(24)19-12-15-20-17(22-18(21-15)25-2)23-8-10-26-11-9-23/h4-7H,3,8-12H2,1-2H3,(H,19,24). The lowest BCUT2D eigenvalue weighted by atomic mass is 10.2. The summed E-state index contributed by atoms with van der Waals surface area (Å²) in [6.45, 7) is 5.31. The van der Waals surface area contributed by atoms with Gasteiger partial charge in [-0.3, -0.25) is 4.79 Å². The maximum absolute atomic E-state index is 12.3. The van der Waals surface area contributed by atoms with Crippen molar-refractivity contribution in [2.75, 3.05) is 44.9 Å². The highest BCUT2D eigenvalue weighted by molar-refractivity contribution is 5.94. The molecule has 144 valence electrons. The predicted octanol–water partition coefficient (Wildman–Crippen LogP) is 1.05. The molecule has 0 saturated carbocycles. The summed E-state index contributed by atoms with van der Waals surface area (Å²) in [5, 5.41) is 2.82. The summed E-state index contributed by atoms with van der Waals surface area (Å²) in [4.78, 5) is 27.3. The number of benzene rings is 1. The smallest absolute Gasteiger partial charge is 0.321 e. The van der Waals surface area contributed by atoms with E-state index in [1.54, 1.807) is 24.3 Å². The Kier molecular flexibility index (Phi) is 6.37. The molecule has 0 aliphatic carbocycles. The van der Waals surface area contributed by atoms with Gasteiger partial charge in [-0.1, -0.05) is 0 Å². The number of morpholine rings is 1. The van der Waals surface area contributed by atoms with Gasteiger partial charge in [0.15, 0.2) is 5.82 Å². The van der Waals surface area contributed by atoms with Crippen molar-refractivity contribution in [2.45, 2.75) is 13.5 Å². The Morgan fingerprint density at radius 3 is 2.59 bits per heavy atom. The molecule has 2 heterocycles. The van der Waals surface area contributed by atoms with Gasteiger partial charge in [0.25, 0.3) is 5.91 Å². The monoisotopic (exact) mass is 373 g/mol. The van der Waals surface area contributed by atoms with Crippen LogP contribution in [0.5, 0.6) is 11.8 Å². The molecule has 1 aromatic heterocycles. The summed E-state index contributed by atoms with van der Waals surface area (Å²) in [6.07, 6.45) is 0. The third-order valence-electron chi connectivity index (χ3n) is 3.96. The number of carbonyl (C=O) groups excluding carboxylic acids is 1. The van der Waals surface area contributed by atoms with Crippen molar-refractivity contribution in [3.63, 3.8) is 0 Å². The molecular weight excluding hydrogens is 350 g/mol. The molecule has 1 saturated heterocycles. The Bertz CT molecular complexity index is 763. The summed E-state index contributed by atoms with van der Waals surface area (Å²) in [7, 11) is 1.50. The lowest BCUT2D eigenvalue weighted by molar-refractivity contribution is 0.0949. The minimum absolute atomic E-state index is 0.169. The van der Waals surface area contributed by atoms with Gasteiger partial charge in [-0.15, -0.1) is 0 Å². The molecule has 9 nitrogen and oxygen atoms in total. The number of amides is 1. The van der Waals surface area contributed by atoms with Gasteiger partial charge in [0.1, 0.15) is 5.75 Å². The zero-order valence-corrected chi connectivity index (χ0v) is 15.5. The van der Waals surface area contributed by atoms with Gasteiger partial charge < -0.3 is 24.4 Å². The fraction of sp³-hybridized carbons (Fsp3) is 0.444. The van der Waals surface area contributed by atoms with Crippen LogP contribution < -0.4 is 19.7 Å². The zero-order valence-electron chi connectivity index (χ0n) is 15.5. The van der Waals surface area contributed by atoms with Gasteiger partial charge in [0, 0.05) is 18.7 Å². The van der Waals surface area contributed by atoms with E-state index in [0.29, 0.717) is 50.2 Å². The molecule has 0 spiro atoms. The number of methoxy groups -OCH3 is 1. The van der Waals surface area contributed by atoms with E-state index < -0.39 is 0 Å². The van der Waals surface area contributed by atoms with E-state index in [1.165, 1.54) is 7.11 Å². The molecule has 0 unspecified atom stereocenters. The molecule has 9 heteroatoms. The fourth-order valence-corrected chi connectivity index (χ4v) is 2.59. The second-order valence-corrected chi connectivity index (χ2v) is 5.78. The van der Waals surface area contributed by atoms with Crippen molar-refractivity contribution in [2.24, 2.45) is 0 Å². The van der Waals surface area contributed by atoms with Crippen molar-refractivity contribution in [3.8, 4) is 11.8 Å². The van der Waals surface area contributed by atoms with Gasteiger partial charge in [-0.05, 0) is 31.2 Å². The van der Waals surface area contributed by atoms with Gasteiger partial charge >= 0.3 is 6.01 Å². The number of anilines is 1. The minimum atomic E-state index is -0.217. The first-order valence-electron chi connectivity index (χ1n) is 8.82. The van der Waals surface area contributed by atoms with E-state index in [0.717, 1.165) is 5.75 Å². The molecule has 0 atom stereocenters. The van der Waals surface area contributed by atoms with E-state index in [-0.39, 0.29) is 18.5 Å². The highest BCUT2D eigenvalue weighted by atomic mass is 16.5. The van der Waals surface area contributed by atoms with Crippen LogP contribution in [0.2, 0.25) is 0 Å². The zero-order chi connectivity index (χ0) is 19.1. The van der Waals surface area contributed by atoms with E-state index in [9.17, 15) is 4.79 Å². The molecule has 1 aromatic carbocycles. The Labute approximate surface area is 157 Å². The third-order valence-corrected chi connectivity index (χ3v) is 3.96. The molecular formula is C18H23N5O4. The number of nitrogens with one attached hydrogen (secondary N) is 1. The second-order valence-electron chi connectivity index (χ2n) is 5.78. The first-order chi connectivity index (χ1) is 13.2. The largest absolute Gasteiger partial charge is 0.494 e. The SMILES string of the molecule is CCOc1ccc(C(=O)NCc2nc(OC)nc(N3CCOCC3)n2)cc1. The first-order valence-corrected chi connectivity index (χ1v) is 8.82. The van der Waals surface area contributed by atoms with E-state index in [2.05, 4.69) is 20.3 Å². The van der Waals surface area contributed by atoms with E-state index in [1.807, 2.05) is 11.8 Å². The molecule has 0 radical (unpaired) electrons. The van der Waals surface area contributed by atoms with Crippen molar-refractivity contribution in [3.05, 3.63) is 35.7 Å². The molecule has 27 heavy (non-hydrogen) atoms. The average Bonchev–Trinajstić information content (AvgIpc) is 2.73. The number of ether oxygens (including phenoxy) is 3. The van der Waals surface area contributed by atoms with Crippen molar-refractivity contribution >= 4 is 11.9 Å². The van der Waals surface area contributed by atoms with E-state index >= 15 is 0 Å². The van der Waals surface area contributed by atoms with Crippen LogP contribution in [0.25, 0.3) is 0 Å². The van der Waals surface area contributed by atoms with Crippen LogP contribution in [-0.2, 0) is 11.3 Å². The summed E-state index contributed by atoms with van der Waals surface area (Å²) in [6, 6.07) is 7.18. The molecule has 1 fully saturated rings. The number of nitrogens with zero attached hydrogens (tertiary/aromatic N) is 4. The van der Waals surface area contributed by atoms with Gasteiger partial charge in [-0.2, -0.15) is 15.0 Å². The Morgan fingerprint density at radius 1 is 1.19 bits per heavy atom. The topological polar surface area (TPSA) is 98.7 Å². The highest BCUT2D eigenvalue weighted by Gasteiger charge is 2.17. The maximum atomic E-state index is 12.3. The van der Waals surface area contributed by atoms with Crippen molar-refractivity contribution in [1.29, 1.82) is 0 Å². The molecule has 1 amide bonds. The summed E-state index contributed by atoms with van der Waals surface area (Å²) >= 11 is 0. The average molecular weight is 373 g/mol. The molecule has 1 N–H and O–H groups in total. The van der Waals surface area contributed by atoms with Crippen molar-refractivity contribution in [1.82, 2.24) is 20.3 Å². The lowest BCUT2D eigenvalue weighted by Crippen LogP contribution is -2.37. The predicted molar refractivity (Wildman–Crippen MR) is 98.2 cm³/mol. The van der Waals surface area contributed by atoms with Crippen LogP contribution in [0, 0.1) is 0 Å². The minimum Gasteiger partial charge on any atom is -0.494 e. The number of hydrogen-bond acceptors (Lipinski definition) is 8. The molecule has 1 aliphatic heterocycles. The molecule has 2 aromatic rings. The fourth-order valence-electron chi connectivity index (χ4n) is 2.59. The number of hydrogen-bond donors (Lipinski definition) is 1. The third kappa shape index (κ3) is 5.04. The normalized spacial score (nSPS) is 13.9. The first kappa shape index (κ1) is 18.8. The maximum Gasteiger partial charge on any atom is 0.321 e. The number of carbonyl (C=O) groups is 1. The number of aromatic nitrogens is 3. The van der Waals surface area contributed by atoms with Crippen LogP contribution in [-0.4, -0.2) is 60.9 Å². The van der Waals surface area contributed by atoms with Crippen LogP contribution in [0.4, 0.5) is 5.95 Å². The molecule has 0 bridgehead atoms. The van der Waals surface area contributed by atoms with Gasteiger partial charge in [0.2, 0.25) is 5.95 Å². The Hall–Kier alpha value is -2.94. The number of rotatable bonds is 7. The van der Waals surface area contributed by atoms with Crippen LogP contribution in [0.3, 0.4) is 0 Å². The van der Waals surface area contributed by atoms with Crippen LogP contribution in [0.15, 0.2) is 24.3 Å². The Balaban J connectivity index is 1.66. The van der Waals surface area contributed by atoms with Crippen molar-refractivity contribution < 1.29 is 19.0 Å². The van der Waals surface area contributed by atoms with Gasteiger partial charge in [-0.25, -0.2) is 0 Å². The van der Waals surface area contributed by atoms with Crippen LogP contribution >= 0.6 is 0 Å². The molecule has 3 rings (SSSR count). The lowest BCUT2D eigenvalue weighted by Gasteiger charge is -2.26. The Morgan fingerprint density at radius 2 is 1.93 bits per heavy atom.